The molecule has 0 N–H and O–H groups in total. The van der Waals surface area contributed by atoms with Crippen LogP contribution in [0.1, 0.15) is 35.4 Å². The average molecular weight is 335 g/mol. The first-order valence-electron chi connectivity index (χ1n) is 9.29. The molecule has 0 saturated carbocycles. The van der Waals surface area contributed by atoms with Crippen LogP contribution in [0, 0.1) is 5.92 Å². The molecule has 3 nitrogen and oxygen atoms in total. The number of fused-ring (bicyclic) bond motifs is 1. The second-order valence-electron chi connectivity index (χ2n) is 7.22. The van der Waals surface area contributed by atoms with Crippen LogP contribution in [0.3, 0.4) is 0 Å². The van der Waals surface area contributed by atoms with Gasteiger partial charge in [-0.15, -0.1) is 0 Å². The molecule has 0 spiro atoms. The van der Waals surface area contributed by atoms with Crippen LogP contribution < -0.4 is 0 Å². The molecule has 25 heavy (non-hydrogen) atoms. The van der Waals surface area contributed by atoms with Crippen molar-refractivity contribution in [1.29, 1.82) is 0 Å². The summed E-state index contributed by atoms with van der Waals surface area (Å²) in [6, 6.07) is 18.7. The van der Waals surface area contributed by atoms with E-state index in [0.717, 1.165) is 39.0 Å². The minimum atomic E-state index is 0.0414. The average Bonchev–Trinajstić information content (AvgIpc) is 2.64. The summed E-state index contributed by atoms with van der Waals surface area (Å²) in [5.41, 5.74) is 3.75. The Hall–Kier alpha value is -2.13. The van der Waals surface area contributed by atoms with Crippen molar-refractivity contribution in [3.63, 3.8) is 0 Å². The topological polar surface area (TPSA) is 29.5 Å². The van der Waals surface area contributed by atoms with Gasteiger partial charge in [-0.05, 0) is 41.9 Å². The molecule has 1 heterocycles. The van der Waals surface area contributed by atoms with Crippen molar-refractivity contribution >= 4 is 5.91 Å². The van der Waals surface area contributed by atoms with Crippen LogP contribution in [0.4, 0.5) is 0 Å². The maximum Gasteiger partial charge on any atom is 0.230 e. The lowest BCUT2D eigenvalue weighted by Gasteiger charge is -2.36. The molecule has 0 aromatic heterocycles. The van der Waals surface area contributed by atoms with E-state index in [0.29, 0.717) is 12.5 Å². The van der Waals surface area contributed by atoms with E-state index in [2.05, 4.69) is 35.2 Å². The Labute approximate surface area is 149 Å². The van der Waals surface area contributed by atoms with Gasteiger partial charge >= 0.3 is 0 Å². The summed E-state index contributed by atoms with van der Waals surface area (Å²) >= 11 is 0. The van der Waals surface area contributed by atoms with E-state index in [1.54, 1.807) is 0 Å². The summed E-state index contributed by atoms with van der Waals surface area (Å²) in [5.74, 6) is 0.880. The van der Waals surface area contributed by atoms with E-state index in [1.165, 1.54) is 16.7 Å². The fraction of sp³-hybridized carbons (Fsp3) is 0.409. The molecule has 1 unspecified atom stereocenters. The lowest BCUT2D eigenvalue weighted by Crippen LogP contribution is -2.42. The number of hydrogen-bond acceptors (Lipinski definition) is 2. The first-order chi connectivity index (χ1) is 12.3. The molecule has 2 aromatic rings. The smallest absolute Gasteiger partial charge is 0.230 e. The lowest BCUT2D eigenvalue weighted by molar-refractivity contribution is -0.135. The lowest BCUT2D eigenvalue weighted by atomic mass is 9.76. The zero-order valence-electron chi connectivity index (χ0n) is 14.6. The Balaban J connectivity index is 1.51. The van der Waals surface area contributed by atoms with Gasteiger partial charge in [-0.1, -0.05) is 54.6 Å². The molecule has 1 saturated heterocycles. The molecule has 0 radical (unpaired) electrons. The SMILES string of the molecule is O=C(C1Cc2ccccc21)N(Cc1ccccc1)CC1CCOCC1. The number of nitrogens with zero attached hydrogens (tertiary/aromatic N) is 1. The molecule has 0 bridgehead atoms. The normalized spacial score (nSPS) is 19.8. The Kier molecular flexibility index (Phi) is 4.84. The number of carbonyl (C=O) groups is 1. The second kappa shape index (κ2) is 7.40. The molecule has 1 amide bonds. The maximum atomic E-state index is 13.3. The molecule has 1 atom stereocenters. The van der Waals surface area contributed by atoms with Crippen LogP contribution in [-0.4, -0.2) is 30.6 Å². The molecule has 4 rings (SSSR count). The van der Waals surface area contributed by atoms with Crippen molar-refractivity contribution < 1.29 is 9.53 Å². The molecule has 1 aliphatic carbocycles. The van der Waals surface area contributed by atoms with Crippen molar-refractivity contribution in [3.05, 3.63) is 71.3 Å². The fourth-order valence-corrected chi connectivity index (χ4v) is 3.98. The van der Waals surface area contributed by atoms with Crippen LogP contribution in [-0.2, 0) is 22.5 Å². The fourth-order valence-electron chi connectivity index (χ4n) is 3.98. The van der Waals surface area contributed by atoms with Gasteiger partial charge in [0.05, 0.1) is 5.92 Å². The minimum absolute atomic E-state index is 0.0414. The zero-order valence-corrected chi connectivity index (χ0v) is 14.6. The van der Waals surface area contributed by atoms with Crippen molar-refractivity contribution in [1.82, 2.24) is 4.90 Å². The summed E-state index contributed by atoms with van der Waals surface area (Å²) in [7, 11) is 0. The number of amides is 1. The van der Waals surface area contributed by atoms with Crippen LogP contribution in [0.15, 0.2) is 54.6 Å². The maximum absolute atomic E-state index is 13.3. The molecule has 1 fully saturated rings. The summed E-state index contributed by atoms with van der Waals surface area (Å²) < 4.78 is 5.48. The first-order valence-corrected chi connectivity index (χ1v) is 9.29. The number of rotatable bonds is 5. The van der Waals surface area contributed by atoms with Gasteiger partial charge < -0.3 is 9.64 Å². The third kappa shape index (κ3) is 3.62. The van der Waals surface area contributed by atoms with Gasteiger partial charge in [0.25, 0.3) is 0 Å². The largest absolute Gasteiger partial charge is 0.381 e. The molecule has 2 aliphatic rings. The van der Waals surface area contributed by atoms with Crippen LogP contribution in [0.2, 0.25) is 0 Å². The van der Waals surface area contributed by atoms with Crippen molar-refractivity contribution in [3.8, 4) is 0 Å². The summed E-state index contributed by atoms with van der Waals surface area (Å²) in [5, 5.41) is 0. The highest BCUT2D eigenvalue weighted by Crippen LogP contribution is 2.36. The predicted molar refractivity (Wildman–Crippen MR) is 98.3 cm³/mol. The molecule has 2 aromatic carbocycles. The first kappa shape index (κ1) is 16.3. The zero-order chi connectivity index (χ0) is 17.1. The van der Waals surface area contributed by atoms with Crippen molar-refractivity contribution in [2.45, 2.75) is 31.7 Å². The molecule has 3 heteroatoms. The number of benzene rings is 2. The highest BCUT2D eigenvalue weighted by molar-refractivity contribution is 5.87. The third-order valence-electron chi connectivity index (χ3n) is 5.50. The summed E-state index contributed by atoms with van der Waals surface area (Å²) in [6.45, 7) is 3.19. The predicted octanol–water partition coefficient (Wildman–Crippen LogP) is 3.78. The number of carbonyl (C=O) groups excluding carboxylic acids is 1. The van der Waals surface area contributed by atoms with Gasteiger partial charge in [-0.3, -0.25) is 4.79 Å². The van der Waals surface area contributed by atoms with Gasteiger partial charge in [0, 0.05) is 26.3 Å². The standard InChI is InChI=1S/C22H25NO2/c24-22(21-14-19-8-4-5-9-20(19)21)23(15-17-6-2-1-3-7-17)16-18-10-12-25-13-11-18/h1-9,18,21H,10-16H2. The quantitative estimate of drug-likeness (QED) is 0.832. The molecule has 130 valence electrons. The second-order valence-corrected chi connectivity index (χ2v) is 7.22. The van der Waals surface area contributed by atoms with Crippen LogP contribution in [0.5, 0.6) is 0 Å². The highest BCUT2D eigenvalue weighted by Gasteiger charge is 2.35. The van der Waals surface area contributed by atoms with Gasteiger partial charge in [0.1, 0.15) is 0 Å². The van der Waals surface area contributed by atoms with E-state index >= 15 is 0 Å². The van der Waals surface area contributed by atoms with E-state index in [1.807, 2.05) is 24.3 Å². The minimum Gasteiger partial charge on any atom is -0.381 e. The van der Waals surface area contributed by atoms with Crippen molar-refractivity contribution in [2.24, 2.45) is 5.92 Å². The van der Waals surface area contributed by atoms with Crippen LogP contribution >= 0.6 is 0 Å². The molecule has 1 aliphatic heterocycles. The van der Waals surface area contributed by atoms with Gasteiger partial charge in [0.2, 0.25) is 5.91 Å². The van der Waals surface area contributed by atoms with Crippen LogP contribution in [0.25, 0.3) is 0 Å². The Morgan fingerprint density at radius 3 is 2.48 bits per heavy atom. The number of hydrogen-bond donors (Lipinski definition) is 0. The van der Waals surface area contributed by atoms with E-state index in [9.17, 15) is 4.79 Å². The third-order valence-corrected chi connectivity index (χ3v) is 5.50. The van der Waals surface area contributed by atoms with E-state index < -0.39 is 0 Å². The summed E-state index contributed by atoms with van der Waals surface area (Å²) in [6.07, 6.45) is 2.99. The Bertz CT molecular complexity index is 722. The van der Waals surface area contributed by atoms with Crippen molar-refractivity contribution in [2.75, 3.05) is 19.8 Å². The Morgan fingerprint density at radius 2 is 1.72 bits per heavy atom. The van der Waals surface area contributed by atoms with Gasteiger partial charge in [-0.25, -0.2) is 0 Å². The molecular weight excluding hydrogens is 310 g/mol. The van der Waals surface area contributed by atoms with E-state index in [4.69, 9.17) is 4.74 Å². The monoisotopic (exact) mass is 335 g/mol. The van der Waals surface area contributed by atoms with E-state index in [-0.39, 0.29) is 11.8 Å². The van der Waals surface area contributed by atoms with Gasteiger partial charge in [-0.2, -0.15) is 0 Å². The Morgan fingerprint density at radius 1 is 1.00 bits per heavy atom. The molecular formula is C22H25NO2. The van der Waals surface area contributed by atoms with Gasteiger partial charge in [0.15, 0.2) is 0 Å². The highest BCUT2D eigenvalue weighted by atomic mass is 16.5. The number of ether oxygens (including phenoxy) is 1. The summed E-state index contributed by atoms with van der Waals surface area (Å²) in [4.78, 5) is 15.4.